The number of hydrogen-bond acceptors (Lipinski definition) is 2. The molecule has 0 radical (unpaired) electrons. The van der Waals surface area contributed by atoms with Crippen molar-refractivity contribution in [3.63, 3.8) is 0 Å². The lowest BCUT2D eigenvalue weighted by molar-refractivity contribution is 0.205. The molecule has 5 heteroatoms. The summed E-state index contributed by atoms with van der Waals surface area (Å²) in [5.41, 5.74) is 2.04. The number of halogens is 1. The van der Waals surface area contributed by atoms with Crippen molar-refractivity contribution in [2.45, 2.75) is 58.0 Å². The third kappa shape index (κ3) is 4.55. The van der Waals surface area contributed by atoms with Crippen LogP contribution in [0.15, 0.2) is 35.7 Å². The molecule has 1 N–H and O–H groups in total. The van der Waals surface area contributed by atoms with Gasteiger partial charge in [0.15, 0.2) is 5.11 Å². The van der Waals surface area contributed by atoms with Crippen LogP contribution < -0.4 is 5.32 Å². The maximum atomic E-state index is 6.40. The zero-order valence-electron chi connectivity index (χ0n) is 14.8. The Morgan fingerprint density at radius 1 is 1.28 bits per heavy atom. The summed E-state index contributed by atoms with van der Waals surface area (Å²) >= 11 is 14.0. The molecule has 1 aliphatic rings. The second-order valence-electron chi connectivity index (χ2n) is 6.80. The van der Waals surface area contributed by atoms with Crippen LogP contribution in [0.1, 0.15) is 55.5 Å². The number of nitrogens with one attached hydrogen (secondary N) is 1. The van der Waals surface area contributed by atoms with Gasteiger partial charge in [-0.25, -0.2) is 0 Å². The fraction of sp³-hybridized carbons (Fsp3) is 0.450. The SMILES string of the molecule is Cc1ccc(NC(=S)N(C2CCCCC2)C(C)c2cccs2)c(Cl)c1. The molecule has 3 rings (SSSR count). The van der Waals surface area contributed by atoms with Gasteiger partial charge in [-0.15, -0.1) is 11.3 Å². The molecule has 2 aromatic rings. The van der Waals surface area contributed by atoms with Crippen molar-refractivity contribution >= 4 is 46.0 Å². The summed E-state index contributed by atoms with van der Waals surface area (Å²) in [6, 6.07) is 11.1. The van der Waals surface area contributed by atoms with E-state index in [9.17, 15) is 0 Å². The van der Waals surface area contributed by atoms with E-state index in [1.54, 1.807) is 11.3 Å². The van der Waals surface area contributed by atoms with Gasteiger partial charge in [0, 0.05) is 10.9 Å². The average Bonchev–Trinajstić information content (AvgIpc) is 3.13. The first-order valence-corrected chi connectivity index (χ1v) is 10.6. The lowest BCUT2D eigenvalue weighted by atomic mass is 9.93. The van der Waals surface area contributed by atoms with Gasteiger partial charge in [0.2, 0.25) is 0 Å². The van der Waals surface area contributed by atoms with Gasteiger partial charge in [0.05, 0.1) is 16.8 Å². The summed E-state index contributed by atoms with van der Waals surface area (Å²) in [6.07, 6.45) is 6.32. The lowest BCUT2D eigenvalue weighted by Gasteiger charge is -2.40. The third-order valence-corrected chi connectivity index (χ3v) is 6.61. The first-order valence-electron chi connectivity index (χ1n) is 8.95. The molecule has 1 aliphatic carbocycles. The van der Waals surface area contributed by atoms with Gasteiger partial charge in [0.25, 0.3) is 0 Å². The highest BCUT2D eigenvalue weighted by Gasteiger charge is 2.29. The smallest absolute Gasteiger partial charge is 0.174 e. The van der Waals surface area contributed by atoms with Gasteiger partial charge >= 0.3 is 0 Å². The van der Waals surface area contributed by atoms with Gasteiger partial charge in [-0.05, 0) is 68.0 Å². The van der Waals surface area contributed by atoms with E-state index in [0.29, 0.717) is 6.04 Å². The highest BCUT2D eigenvalue weighted by Crippen LogP contribution is 2.33. The molecule has 1 atom stereocenters. The summed E-state index contributed by atoms with van der Waals surface area (Å²) in [6.45, 7) is 4.30. The van der Waals surface area contributed by atoms with Crippen LogP contribution in [0.25, 0.3) is 0 Å². The molecule has 1 saturated carbocycles. The van der Waals surface area contributed by atoms with E-state index in [4.69, 9.17) is 23.8 Å². The summed E-state index contributed by atoms with van der Waals surface area (Å²) in [4.78, 5) is 3.75. The van der Waals surface area contributed by atoms with Crippen LogP contribution in [0.2, 0.25) is 5.02 Å². The highest BCUT2D eigenvalue weighted by atomic mass is 35.5. The molecule has 1 aromatic carbocycles. The molecule has 2 nitrogen and oxygen atoms in total. The molecule has 1 aromatic heterocycles. The number of aryl methyl sites for hydroxylation is 1. The first kappa shape index (κ1) is 18.7. The minimum atomic E-state index is 0.271. The Bertz CT molecular complexity index is 708. The second-order valence-corrected chi connectivity index (χ2v) is 8.58. The number of thiocarbonyl (C=S) groups is 1. The molecule has 1 fully saturated rings. The summed E-state index contributed by atoms with van der Waals surface area (Å²) < 4.78 is 0. The Kier molecular flexibility index (Phi) is 6.37. The van der Waals surface area contributed by atoms with Crippen LogP contribution in [-0.2, 0) is 0 Å². The van der Waals surface area contributed by atoms with Crippen LogP contribution >= 0.6 is 35.2 Å². The Morgan fingerprint density at radius 3 is 2.68 bits per heavy atom. The number of benzene rings is 1. The summed E-state index contributed by atoms with van der Waals surface area (Å²) in [5, 5.41) is 7.04. The topological polar surface area (TPSA) is 15.3 Å². The van der Waals surface area contributed by atoms with Gasteiger partial charge in [-0.1, -0.05) is 43.0 Å². The maximum absolute atomic E-state index is 6.40. The van der Waals surface area contributed by atoms with E-state index in [2.05, 4.69) is 40.7 Å². The summed E-state index contributed by atoms with van der Waals surface area (Å²) in [5.74, 6) is 0. The normalized spacial score (nSPS) is 16.4. The fourth-order valence-electron chi connectivity index (χ4n) is 3.58. The molecule has 0 aliphatic heterocycles. The molecule has 0 bridgehead atoms. The van der Waals surface area contributed by atoms with E-state index >= 15 is 0 Å². The zero-order chi connectivity index (χ0) is 17.8. The minimum absolute atomic E-state index is 0.271. The van der Waals surface area contributed by atoms with Crippen LogP contribution in [-0.4, -0.2) is 16.1 Å². The molecule has 0 saturated heterocycles. The maximum Gasteiger partial charge on any atom is 0.174 e. The van der Waals surface area contributed by atoms with Gasteiger partial charge in [-0.2, -0.15) is 0 Å². The highest BCUT2D eigenvalue weighted by molar-refractivity contribution is 7.80. The Labute approximate surface area is 165 Å². The Morgan fingerprint density at radius 2 is 2.04 bits per heavy atom. The fourth-order valence-corrected chi connectivity index (χ4v) is 5.07. The van der Waals surface area contributed by atoms with Crippen molar-refractivity contribution in [3.8, 4) is 0 Å². The van der Waals surface area contributed by atoms with Crippen LogP contribution in [0.3, 0.4) is 0 Å². The predicted molar refractivity (Wildman–Crippen MR) is 114 cm³/mol. The van der Waals surface area contributed by atoms with Crippen molar-refractivity contribution in [2.75, 3.05) is 5.32 Å². The first-order chi connectivity index (χ1) is 12.1. The Hall–Kier alpha value is -1.10. The van der Waals surface area contributed by atoms with Crippen LogP contribution in [0.4, 0.5) is 5.69 Å². The summed E-state index contributed by atoms with van der Waals surface area (Å²) in [7, 11) is 0. The van der Waals surface area contributed by atoms with Crippen molar-refractivity contribution in [1.29, 1.82) is 0 Å². The standard InChI is InChI=1S/C20H25ClN2S2/c1-14-10-11-18(17(21)13-14)22-20(24)23(16-7-4-3-5-8-16)15(2)19-9-6-12-25-19/h6,9-13,15-16H,3-5,7-8H2,1-2H3,(H,22,24). The van der Waals surface area contributed by atoms with E-state index in [-0.39, 0.29) is 6.04 Å². The number of hydrogen-bond donors (Lipinski definition) is 1. The van der Waals surface area contributed by atoms with Crippen molar-refractivity contribution < 1.29 is 0 Å². The van der Waals surface area contributed by atoms with E-state index in [0.717, 1.165) is 21.4 Å². The lowest BCUT2D eigenvalue weighted by Crippen LogP contribution is -2.45. The number of thiophene rings is 1. The number of nitrogens with zero attached hydrogens (tertiary/aromatic N) is 1. The van der Waals surface area contributed by atoms with E-state index in [1.807, 2.05) is 19.1 Å². The predicted octanol–water partition coefficient (Wildman–Crippen LogP) is 6.80. The second kappa shape index (κ2) is 8.52. The molecule has 0 spiro atoms. The molecular formula is C20H25ClN2S2. The van der Waals surface area contributed by atoms with Crippen LogP contribution in [0.5, 0.6) is 0 Å². The van der Waals surface area contributed by atoms with Crippen molar-refractivity contribution in [3.05, 3.63) is 51.2 Å². The molecule has 1 heterocycles. The van der Waals surface area contributed by atoms with Gasteiger partial charge < -0.3 is 10.2 Å². The zero-order valence-corrected chi connectivity index (χ0v) is 17.2. The van der Waals surface area contributed by atoms with E-state index in [1.165, 1.54) is 37.0 Å². The monoisotopic (exact) mass is 392 g/mol. The van der Waals surface area contributed by atoms with Gasteiger partial charge in [-0.3, -0.25) is 0 Å². The molecule has 25 heavy (non-hydrogen) atoms. The van der Waals surface area contributed by atoms with E-state index < -0.39 is 0 Å². The quantitative estimate of drug-likeness (QED) is 0.575. The molecule has 0 amide bonds. The average molecular weight is 393 g/mol. The van der Waals surface area contributed by atoms with Gasteiger partial charge in [0.1, 0.15) is 0 Å². The van der Waals surface area contributed by atoms with Crippen molar-refractivity contribution in [1.82, 2.24) is 4.90 Å². The number of rotatable bonds is 4. The minimum Gasteiger partial charge on any atom is -0.338 e. The van der Waals surface area contributed by atoms with Crippen molar-refractivity contribution in [2.24, 2.45) is 0 Å². The van der Waals surface area contributed by atoms with Crippen LogP contribution in [0, 0.1) is 6.92 Å². The molecule has 134 valence electrons. The Balaban J connectivity index is 1.83. The molecule has 1 unspecified atom stereocenters. The molecular weight excluding hydrogens is 368 g/mol. The third-order valence-electron chi connectivity index (χ3n) is 4.94. The largest absolute Gasteiger partial charge is 0.338 e. The number of anilines is 1.